The second-order valence-corrected chi connectivity index (χ2v) is 8.30. The molecule has 1 aliphatic rings. The highest BCUT2D eigenvalue weighted by molar-refractivity contribution is 7.89. The molecule has 0 saturated carbocycles. The van der Waals surface area contributed by atoms with Gasteiger partial charge in [0.1, 0.15) is 0 Å². The molecule has 1 N–H and O–H groups in total. The van der Waals surface area contributed by atoms with Gasteiger partial charge in [0.2, 0.25) is 15.9 Å². The molecule has 1 unspecified atom stereocenters. The van der Waals surface area contributed by atoms with Gasteiger partial charge in [-0.25, -0.2) is 13.1 Å². The van der Waals surface area contributed by atoms with Crippen LogP contribution in [0, 0.1) is 0 Å². The number of halogens is 1. The number of sulfonamides is 1. The molecule has 0 aliphatic carbocycles. The quantitative estimate of drug-likeness (QED) is 0.922. The van der Waals surface area contributed by atoms with Crippen molar-refractivity contribution in [3.8, 4) is 0 Å². The van der Waals surface area contributed by atoms with Crippen LogP contribution in [0.2, 0.25) is 5.02 Å². The van der Waals surface area contributed by atoms with Crippen LogP contribution in [-0.2, 0) is 14.8 Å². The normalized spacial score (nSPS) is 20.1. The summed E-state index contributed by atoms with van der Waals surface area (Å²) in [5.41, 5.74) is -0.308. The van der Waals surface area contributed by atoms with Gasteiger partial charge in [-0.2, -0.15) is 0 Å². The van der Waals surface area contributed by atoms with Crippen molar-refractivity contribution in [1.29, 1.82) is 0 Å². The molecule has 5 nitrogen and oxygen atoms in total. The molecule has 1 heterocycles. The fourth-order valence-electron chi connectivity index (χ4n) is 2.34. The summed E-state index contributed by atoms with van der Waals surface area (Å²) in [5.74, 6) is -0.0358. The lowest BCUT2D eigenvalue weighted by molar-refractivity contribution is -0.131. The minimum absolute atomic E-state index is 0.0358. The molecule has 1 aromatic rings. The van der Waals surface area contributed by atoms with Crippen LogP contribution in [0.3, 0.4) is 0 Å². The number of carbonyl (C=O) groups is 1. The van der Waals surface area contributed by atoms with Crippen LogP contribution >= 0.6 is 11.6 Å². The second-order valence-electron chi connectivity index (χ2n) is 6.15. The summed E-state index contributed by atoms with van der Waals surface area (Å²) < 4.78 is 27.1. The average Bonchev–Trinajstić information content (AvgIpc) is 2.69. The number of nitrogens with one attached hydrogen (secondary N) is 1. The third-order valence-electron chi connectivity index (χ3n) is 3.38. The van der Waals surface area contributed by atoms with E-state index in [9.17, 15) is 13.2 Å². The molecule has 0 bridgehead atoms. The topological polar surface area (TPSA) is 66.5 Å². The zero-order valence-corrected chi connectivity index (χ0v) is 13.8. The first-order chi connectivity index (χ1) is 9.59. The van der Waals surface area contributed by atoms with Crippen molar-refractivity contribution in [2.24, 2.45) is 0 Å². The monoisotopic (exact) mass is 330 g/mol. The van der Waals surface area contributed by atoms with Crippen LogP contribution in [0.4, 0.5) is 0 Å². The summed E-state index contributed by atoms with van der Waals surface area (Å²) in [5, 5.41) is 0.476. The van der Waals surface area contributed by atoms with Crippen molar-refractivity contribution in [2.75, 3.05) is 6.54 Å². The number of rotatable bonds is 3. The number of amides is 1. The van der Waals surface area contributed by atoms with Gasteiger partial charge in [-0.05, 0) is 45.0 Å². The van der Waals surface area contributed by atoms with Crippen LogP contribution in [0.1, 0.15) is 27.2 Å². The Balaban J connectivity index is 2.12. The van der Waals surface area contributed by atoms with Gasteiger partial charge in [-0.1, -0.05) is 11.6 Å². The first kappa shape index (κ1) is 16.3. The molecule has 1 fully saturated rings. The van der Waals surface area contributed by atoms with Gasteiger partial charge in [-0.3, -0.25) is 4.79 Å². The zero-order valence-electron chi connectivity index (χ0n) is 12.3. The molecule has 1 aliphatic heterocycles. The number of likely N-dealkylation sites (tertiary alicyclic amines) is 1. The van der Waals surface area contributed by atoms with Crippen LogP contribution in [0.15, 0.2) is 29.2 Å². The molecule has 1 aromatic carbocycles. The molecule has 0 radical (unpaired) electrons. The summed E-state index contributed by atoms with van der Waals surface area (Å²) in [4.78, 5) is 13.8. The van der Waals surface area contributed by atoms with Crippen molar-refractivity contribution in [3.05, 3.63) is 29.3 Å². The molecule has 0 aromatic heterocycles. The van der Waals surface area contributed by atoms with E-state index in [0.29, 0.717) is 11.6 Å². The Morgan fingerprint density at radius 3 is 2.29 bits per heavy atom. The van der Waals surface area contributed by atoms with E-state index in [0.717, 1.165) is 0 Å². The average molecular weight is 331 g/mol. The Hall–Kier alpha value is -1.11. The molecule has 2 rings (SSSR count). The minimum Gasteiger partial charge on any atom is -0.336 e. The van der Waals surface area contributed by atoms with E-state index in [2.05, 4.69) is 4.72 Å². The van der Waals surface area contributed by atoms with Crippen molar-refractivity contribution in [2.45, 2.75) is 43.7 Å². The van der Waals surface area contributed by atoms with Crippen molar-refractivity contribution >= 4 is 27.5 Å². The molecule has 21 heavy (non-hydrogen) atoms. The SMILES string of the molecule is CC(C)(C)N1CC(NS(=O)(=O)c2ccc(Cl)cc2)CC1=O. The van der Waals surface area contributed by atoms with E-state index in [1.807, 2.05) is 20.8 Å². The summed E-state index contributed by atoms with van der Waals surface area (Å²) in [6, 6.07) is 5.54. The second kappa shape index (κ2) is 5.59. The van der Waals surface area contributed by atoms with Crippen molar-refractivity contribution in [1.82, 2.24) is 9.62 Å². The van der Waals surface area contributed by atoms with Crippen LogP contribution in [0.5, 0.6) is 0 Å². The Labute approximate surface area is 130 Å². The minimum atomic E-state index is -3.64. The lowest BCUT2D eigenvalue weighted by atomic mass is 10.1. The first-order valence-corrected chi connectivity index (χ1v) is 8.54. The highest BCUT2D eigenvalue weighted by Gasteiger charge is 2.37. The van der Waals surface area contributed by atoms with Crippen molar-refractivity contribution < 1.29 is 13.2 Å². The third kappa shape index (κ3) is 3.75. The number of carbonyl (C=O) groups excluding carboxylic acids is 1. The molecular formula is C14H19ClN2O3S. The molecule has 116 valence electrons. The van der Waals surface area contributed by atoms with Crippen LogP contribution < -0.4 is 4.72 Å². The van der Waals surface area contributed by atoms with E-state index >= 15 is 0 Å². The maximum absolute atomic E-state index is 12.3. The Kier molecular flexibility index (Phi) is 4.33. The van der Waals surface area contributed by atoms with Crippen LogP contribution in [0.25, 0.3) is 0 Å². The maximum atomic E-state index is 12.3. The summed E-state index contributed by atoms with van der Waals surface area (Å²) in [7, 11) is -3.64. The highest BCUT2D eigenvalue weighted by atomic mass is 35.5. The van der Waals surface area contributed by atoms with Gasteiger partial charge in [0.05, 0.1) is 4.90 Å². The lowest BCUT2D eigenvalue weighted by Gasteiger charge is -2.32. The molecular weight excluding hydrogens is 312 g/mol. The van der Waals surface area contributed by atoms with Gasteiger partial charge < -0.3 is 4.90 Å². The summed E-state index contributed by atoms with van der Waals surface area (Å²) in [6.07, 6.45) is 0.185. The first-order valence-electron chi connectivity index (χ1n) is 6.68. The van der Waals surface area contributed by atoms with Gasteiger partial charge in [0, 0.05) is 29.6 Å². The molecule has 7 heteroatoms. The Morgan fingerprint density at radius 2 is 1.81 bits per heavy atom. The number of benzene rings is 1. The molecule has 1 saturated heterocycles. The van der Waals surface area contributed by atoms with E-state index in [4.69, 9.17) is 11.6 Å². The lowest BCUT2D eigenvalue weighted by Crippen LogP contribution is -2.44. The smallest absolute Gasteiger partial charge is 0.240 e. The van der Waals surface area contributed by atoms with Gasteiger partial charge in [0.25, 0.3) is 0 Å². The molecule has 0 spiro atoms. The van der Waals surface area contributed by atoms with E-state index < -0.39 is 16.1 Å². The van der Waals surface area contributed by atoms with E-state index in [1.165, 1.54) is 24.3 Å². The standard InChI is InChI=1S/C14H19ClN2O3S/c1-14(2,3)17-9-11(8-13(17)18)16-21(19,20)12-6-4-10(15)5-7-12/h4-7,11,16H,8-9H2,1-3H3. The fourth-order valence-corrected chi connectivity index (χ4v) is 3.69. The Morgan fingerprint density at radius 1 is 1.24 bits per heavy atom. The third-order valence-corrected chi connectivity index (χ3v) is 5.17. The number of hydrogen-bond donors (Lipinski definition) is 1. The van der Waals surface area contributed by atoms with Gasteiger partial charge >= 0.3 is 0 Å². The zero-order chi connectivity index (χ0) is 15.8. The highest BCUT2D eigenvalue weighted by Crippen LogP contribution is 2.23. The van der Waals surface area contributed by atoms with E-state index in [-0.39, 0.29) is 22.8 Å². The largest absolute Gasteiger partial charge is 0.336 e. The van der Waals surface area contributed by atoms with Crippen molar-refractivity contribution in [3.63, 3.8) is 0 Å². The summed E-state index contributed by atoms with van der Waals surface area (Å²) >= 11 is 5.75. The Bertz CT molecular complexity index is 635. The molecule has 1 amide bonds. The summed E-state index contributed by atoms with van der Waals surface area (Å²) in [6.45, 7) is 6.18. The predicted octanol–water partition coefficient (Wildman–Crippen LogP) is 2.02. The van der Waals surface area contributed by atoms with Gasteiger partial charge in [0.15, 0.2) is 0 Å². The predicted molar refractivity (Wildman–Crippen MR) is 81.6 cm³/mol. The number of hydrogen-bond acceptors (Lipinski definition) is 3. The van der Waals surface area contributed by atoms with E-state index in [1.54, 1.807) is 4.90 Å². The fraction of sp³-hybridized carbons (Fsp3) is 0.500. The van der Waals surface area contributed by atoms with Crippen LogP contribution in [-0.4, -0.2) is 37.4 Å². The van der Waals surface area contributed by atoms with Gasteiger partial charge in [-0.15, -0.1) is 0 Å². The maximum Gasteiger partial charge on any atom is 0.240 e. The number of nitrogens with zero attached hydrogens (tertiary/aromatic N) is 1. The molecule has 1 atom stereocenters.